The maximum absolute atomic E-state index is 5.53. The van der Waals surface area contributed by atoms with Crippen molar-refractivity contribution in [2.75, 3.05) is 7.05 Å². The molecule has 0 radical (unpaired) electrons. The average Bonchev–Trinajstić information content (AvgIpc) is 2.35. The molecular formula is C7H11N3S. The van der Waals surface area contributed by atoms with Crippen molar-refractivity contribution in [1.82, 2.24) is 4.98 Å². The van der Waals surface area contributed by atoms with E-state index in [4.69, 9.17) is 5.73 Å². The Morgan fingerprint density at radius 2 is 2.55 bits per heavy atom. The van der Waals surface area contributed by atoms with E-state index in [9.17, 15) is 0 Å². The molecule has 0 saturated carbocycles. The van der Waals surface area contributed by atoms with Crippen molar-refractivity contribution < 1.29 is 0 Å². The minimum atomic E-state index is 0.638. The lowest BCUT2D eigenvalue weighted by molar-refractivity contribution is 1.14. The lowest BCUT2D eigenvalue weighted by Gasteiger charge is -1.92. The van der Waals surface area contributed by atoms with Crippen molar-refractivity contribution in [2.45, 2.75) is 13.3 Å². The Balaban J connectivity index is 2.65. The summed E-state index contributed by atoms with van der Waals surface area (Å²) < 4.78 is 0. The molecule has 0 amide bonds. The van der Waals surface area contributed by atoms with Gasteiger partial charge in [0.15, 0.2) is 0 Å². The third-order valence-corrected chi connectivity index (χ3v) is 2.25. The van der Waals surface area contributed by atoms with Gasteiger partial charge in [0.05, 0.1) is 6.42 Å². The first-order chi connectivity index (χ1) is 5.22. The Kier molecular flexibility index (Phi) is 2.59. The molecule has 1 aromatic rings. The predicted octanol–water partition coefficient (Wildman–Crippen LogP) is 0.981. The van der Waals surface area contributed by atoms with Crippen LogP contribution < -0.4 is 5.73 Å². The number of aliphatic imine (C=N–C) groups is 1. The van der Waals surface area contributed by atoms with Crippen LogP contribution in [-0.4, -0.2) is 17.9 Å². The van der Waals surface area contributed by atoms with E-state index in [-0.39, 0.29) is 0 Å². The molecule has 0 aliphatic rings. The summed E-state index contributed by atoms with van der Waals surface area (Å²) in [6.07, 6.45) is 0.676. The lowest BCUT2D eigenvalue weighted by atomic mass is 10.4. The highest BCUT2D eigenvalue weighted by molar-refractivity contribution is 7.09. The molecule has 4 heteroatoms. The first kappa shape index (κ1) is 8.20. The number of amidine groups is 1. The summed E-state index contributed by atoms with van der Waals surface area (Å²) in [6, 6.07) is 0. The molecule has 0 fully saturated rings. The second-order valence-corrected chi connectivity index (χ2v) is 3.22. The number of hydrogen-bond donors (Lipinski definition) is 1. The summed E-state index contributed by atoms with van der Waals surface area (Å²) in [5, 5.41) is 3.05. The molecule has 0 saturated heterocycles. The number of hydrogen-bond acceptors (Lipinski definition) is 3. The van der Waals surface area contributed by atoms with Gasteiger partial charge in [-0.2, -0.15) is 0 Å². The topological polar surface area (TPSA) is 51.3 Å². The van der Waals surface area contributed by atoms with Crippen molar-refractivity contribution in [3.05, 3.63) is 16.1 Å². The van der Waals surface area contributed by atoms with Gasteiger partial charge in [-0.25, -0.2) is 4.98 Å². The number of aryl methyl sites for hydroxylation is 1. The SMILES string of the molecule is CN=C(N)Cc1nc(C)cs1. The van der Waals surface area contributed by atoms with Gasteiger partial charge in [0.2, 0.25) is 0 Å². The summed E-state index contributed by atoms with van der Waals surface area (Å²) in [4.78, 5) is 8.11. The molecule has 0 unspecified atom stereocenters. The standard InChI is InChI=1S/C7H11N3S/c1-5-4-11-7(10-5)3-6(8)9-2/h4H,3H2,1-2H3,(H2,8,9). The van der Waals surface area contributed by atoms with Crippen LogP contribution in [0.1, 0.15) is 10.7 Å². The first-order valence-electron chi connectivity index (χ1n) is 3.34. The molecule has 11 heavy (non-hydrogen) atoms. The predicted molar refractivity (Wildman–Crippen MR) is 48.1 cm³/mol. The monoisotopic (exact) mass is 169 g/mol. The van der Waals surface area contributed by atoms with Crippen molar-refractivity contribution in [1.29, 1.82) is 0 Å². The Labute approximate surface area is 70.0 Å². The molecule has 0 aromatic carbocycles. The summed E-state index contributed by atoms with van der Waals surface area (Å²) in [5.74, 6) is 0.638. The Bertz CT molecular complexity index is 264. The quantitative estimate of drug-likeness (QED) is 0.530. The molecule has 2 N–H and O–H groups in total. The van der Waals surface area contributed by atoms with Crippen LogP contribution >= 0.6 is 11.3 Å². The molecule has 60 valence electrons. The third-order valence-electron chi connectivity index (χ3n) is 1.29. The fourth-order valence-electron chi connectivity index (χ4n) is 0.718. The number of nitrogens with zero attached hydrogens (tertiary/aromatic N) is 2. The van der Waals surface area contributed by atoms with E-state index in [2.05, 4.69) is 9.98 Å². The van der Waals surface area contributed by atoms with Crippen molar-refractivity contribution in [3.8, 4) is 0 Å². The smallest absolute Gasteiger partial charge is 0.100 e. The van der Waals surface area contributed by atoms with E-state index in [1.807, 2.05) is 12.3 Å². The maximum Gasteiger partial charge on any atom is 0.100 e. The van der Waals surface area contributed by atoms with Crippen LogP contribution in [0.25, 0.3) is 0 Å². The second-order valence-electron chi connectivity index (χ2n) is 2.27. The fourth-order valence-corrected chi connectivity index (χ4v) is 1.51. The minimum Gasteiger partial charge on any atom is -0.387 e. The Hall–Kier alpha value is -0.900. The molecule has 1 heterocycles. The highest BCUT2D eigenvalue weighted by Gasteiger charge is 1.99. The first-order valence-corrected chi connectivity index (χ1v) is 4.22. The lowest BCUT2D eigenvalue weighted by Crippen LogP contribution is -2.14. The second kappa shape index (κ2) is 3.48. The normalized spacial score (nSPS) is 12.0. The zero-order chi connectivity index (χ0) is 8.27. The van der Waals surface area contributed by atoms with Crippen LogP contribution in [0.3, 0.4) is 0 Å². The van der Waals surface area contributed by atoms with Crippen LogP contribution in [0.2, 0.25) is 0 Å². The van der Waals surface area contributed by atoms with Gasteiger partial charge >= 0.3 is 0 Å². The molecule has 0 aliphatic carbocycles. The van der Waals surface area contributed by atoms with Gasteiger partial charge in [-0.1, -0.05) is 0 Å². The van der Waals surface area contributed by atoms with E-state index >= 15 is 0 Å². The van der Waals surface area contributed by atoms with Crippen molar-refractivity contribution >= 4 is 17.2 Å². The molecule has 3 nitrogen and oxygen atoms in total. The van der Waals surface area contributed by atoms with Crippen LogP contribution in [0.15, 0.2) is 10.4 Å². The van der Waals surface area contributed by atoms with E-state index in [0.717, 1.165) is 10.7 Å². The highest BCUT2D eigenvalue weighted by Crippen LogP contribution is 2.08. The summed E-state index contributed by atoms with van der Waals surface area (Å²) >= 11 is 1.62. The van der Waals surface area contributed by atoms with Crippen molar-refractivity contribution in [3.63, 3.8) is 0 Å². The van der Waals surface area contributed by atoms with Crippen LogP contribution in [0.4, 0.5) is 0 Å². The van der Waals surface area contributed by atoms with Gasteiger partial charge in [0, 0.05) is 18.1 Å². The summed E-state index contributed by atoms with van der Waals surface area (Å²) in [7, 11) is 1.69. The Morgan fingerprint density at radius 1 is 1.82 bits per heavy atom. The van der Waals surface area contributed by atoms with Crippen LogP contribution in [0, 0.1) is 6.92 Å². The van der Waals surface area contributed by atoms with Crippen molar-refractivity contribution in [2.24, 2.45) is 10.7 Å². The van der Waals surface area contributed by atoms with Gasteiger partial charge in [-0.05, 0) is 6.92 Å². The highest BCUT2D eigenvalue weighted by atomic mass is 32.1. The number of rotatable bonds is 2. The summed E-state index contributed by atoms with van der Waals surface area (Å²) in [6.45, 7) is 1.97. The van der Waals surface area contributed by atoms with Gasteiger partial charge in [0.1, 0.15) is 10.8 Å². The van der Waals surface area contributed by atoms with Crippen LogP contribution in [0.5, 0.6) is 0 Å². The zero-order valence-corrected chi connectivity index (χ0v) is 7.48. The number of aromatic nitrogens is 1. The number of thiazole rings is 1. The van der Waals surface area contributed by atoms with Gasteiger partial charge in [-0.15, -0.1) is 11.3 Å². The molecule has 0 spiro atoms. The van der Waals surface area contributed by atoms with E-state index < -0.39 is 0 Å². The molecule has 1 aromatic heterocycles. The molecular weight excluding hydrogens is 158 g/mol. The average molecular weight is 169 g/mol. The fraction of sp³-hybridized carbons (Fsp3) is 0.429. The van der Waals surface area contributed by atoms with Crippen LogP contribution in [-0.2, 0) is 6.42 Å². The molecule has 0 bridgehead atoms. The third kappa shape index (κ3) is 2.31. The molecule has 0 atom stereocenters. The van der Waals surface area contributed by atoms with Gasteiger partial charge in [-0.3, -0.25) is 4.99 Å². The minimum absolute atomic E-state index is 0.638. The van der Waals surface area contributed by atoms with E-state index in [0.29, 0.717) is 12.3 Å². The zero-order valence-electron chi connectivity index (χ0n) is 6.66. The maximum atomic E-state index is 5.53. The molecule has 0 aliphatic heterocycles. The summed E-state index contributed by atoms with van der Waals surface area (Å²) in [5.41, 5.74) is 6.58. The largest absolute Gasteiger partial charge is 0.387 e. The molecule has 1 rings (SSSR count). The van der Waals surface area contributed by atoms with E-state index in [1.165, 1.54) is 0 Å². The number of nitrogens with two attached hydrogens (primary N) is 1. The van der Waals surface area contributed by atoms with Gasteiger partial charge in [0.25, 0.3) is 0 Å². The van der Waals surface area contributed by atoms with E-state index in [1.54, 1.807) is 18.4 Å². The Morgan fingerprint density at radius 3 is 3.00 bits per heavy atom. The van der Waals surface area contributed by atoms with Gasteiger partial charge < -0.3 is 5.73 Å².